The Labute approximate surface area is 140 Å². The molecule has 0 unspecified atom stereocenters. The topological polar surface area (TPSA) is 38.8 Å². The quantitative estimate of drug-likeness (QED) is 0.859. The molecule has 2 heterocycles. The summed E-state index contributed by atoms with van der Waals surface area (Å²) in [4.78, 5) is 15.4. The van der Waals surface area contributed by atoms with Crippen molar-refractivity contribution in [1.29, 1.82) is 0 Å². The number of nitrogens with zero attached hydrogens (tertiary/aromatic N) is 1. The number of carbonyl (C=O) groups excluding carboxylic acids is 1. The SMILES string of the molecule is COc1cc(-c2cccs2)cc2c1OCCN(C(=O)C(C)C)C2. The van der Waals surface area contributed by atoms with Gasteiger partial charge in [0.05, 0.1) is 13.7 Å². The molecule has 5 heteroatoms. The number of fused-ring (bicyclic) bond motifs is 1. The molecule has 1 aromatic heterocycles. The third-order valence-corrected chi connectivity index (χ3v) is 4.85. The molecule has 0 saturated carbocycles. The average Bonchev–Trinajstić information content (AvgIpc) is 2.99. The lowest BCUT2D eigenvalue weighted by atomic mass is 10.1. The van der Waals surface area contributed by atoms with E-state index >= 15 is 0 Å². The van der Waals surface area contributed by atoms with Gasteiger partial charge in [0.1, 0.15) is 6.61 Å². The standard InChI is InChI=1S/C18H21NO3S/c1-12(2)18(20)19-6-7-22-17-14(11-19)9-13(10-15(17)21-3)16-5-4-8-23-16/h4-5,8-10,12H,6-7,11H2,1-3H3. The minimum absolute atomic E-state index is 0.0149. The maximum atomic E-state index is 12.4. The summed E-state index contributed by atoms with van der Waals surface area (Å²) in [5.41, 5.74) is 2.09. The zero-order valence-corrected chi connectivity index (χ0v) is 14.5. The van der Waals surface area contributed by atoms with E-state index < -0.39 is 0 Å². The van der Waals surface area contributed by atoms with E-state index in [0.717, 1.165) is 22.6 Å². The lowest BCUT2D eigenvalue weighted by molar-refractivity contribution is -0.135. The number of rotatable bonds is 3. The van der Waals surface area contributed by atoms with Gasteiger partial charge >= 0.3 is 0 Å². The first-order chi connectivity index (χ1) is 11.1. The minimum atomic E-state index is -0.0149. The molecule has 3 rings (SSSR count). The first-order valence-corrected chi connectivity index (χ1v) is 8.64. The Hall–Kier alpha value is -2.01. The van der Waals surface area contributed by atoms with E-state index in [1.165, 1.54) is 4.88 Å². The summed E-state index contributed by atoms with van der Waals surface area (Å²) in [6.45, 7) is 5.50. The largest absolute Gasteiger partial charge is 0.493 e. The molecule has 0 N–H and O–H groups in total. The van der Waals surface area contributed by atoms with Crippen LogP contribution in [0.1, 0.15) is 19.4 Å². The van der Waals surface area contributed by atoms with Crippen molar-refractivity contribution < 1.29 is 14.3 Å². The molecule has 0 spiro atoms. The molecule has 0 aliphatic carbocycles. The van der Waals surface area contributed by atoms with Gasteiger partial charge < -0.3 is 14.4 Å². The Morgan fingerprint density at radius 1 is 1.39 bits per heavy atom. The molecule has 1 aromatic carbocycles. The van der Waals surface area contributed by atoms with Gasteiger partial charge in [0.2, 0.25) is 5.91 Å². The first-order valence-electron chi connectivity index (χ1n) is 7.76. The highest BCUT2D eigenvalue weighted by atomic mass is 32.1. The number of hydrogen-bond acceptors (Lipinski definition) is 4. The Morgan fingerprint density at radius 2 is 2.22 bits per heavy atom. The van der Waals surface area contributed by atoms with Gasteiger partial charge in [0.25, 0.3) is 0 Å². The fourth-order valence-corrected chi connectivity index (χ4v) is 3.49. The van der Waals surface area contributed by atoms with Gasteiger partial charge in [-0.25, -0.2) is 0 Å². The molecule has 0 saturated heterocycles. The molecule has 122 valence electrons. The molecule has 1 amide bonds. The summed E-state index contributed by atoms with van der Waals surface area (Å²) in [6, 6.07) is 8.23. The van der Waals surface area contributed by atoms with Crippen molar-refractivity contribution in [3.05, 3.63) is 35.2 Å². The van der Waals surface area contributed by atoms with Crippen LogP contribution in [0.15, 0.2) is 29.6 Å². The van der Waals surface area contributed by atoms with Crippen molar-refractivity contribution in [3.8, 4) is 21.9 Å². The van der Waals surface area contributed by atoms with Crippen molar-refractivity contribution in [3.63, 3.8) is 0 Å². The Morgan fingerprint density at radius 3 is 2.87 bits per heavy atom. The molecule has 1 aliphatic rings. The number of ether oxygens (including phenoxy) is 2. The monoisotopic (exact) mass is 331 g/mol. The Balaban J connectivity index is 2.02. The first kappa shape index (κ1) is 15.9. The van der Waals surface area contributed by atoms with Gasteiger partial charge in [-0.1, -0.05) is 19.9 Å². The van der Waals surface area contributed by atoms with Gasteiger partial charge in [-0.15, -0.1) is 11.3 Å². The second-order valence-electron chi connectivity index (χ2n) is 5.91. The molecule has 0 radical (unpaired) electrons. The molecule has 23 heavy (non-hydrogen) atoms. The Bertz CT molecular complexity index is 695. The highest BCUT2D eigenvalue weighted by molar-refractivity contribution is 7.13. The van der Waals surface area contributed by atoms with Gasteiger partial charge in [0, 0.05) is 22.9 Å². The number of benzene rings is 1. The molecular formula is C18H21NO3S. The normalized spacial score (nSPS) is 14.2. The Kier molecular flexibility index (Phi) is 4.57. The number of methoxy groups -OCH3 is 1. The molecule has 0 bridgehead atoms. The molecule has 0 fully saturated rings. The van der Waals surface area contributed by atoms with Crippen LogP contribution in [0, 0.1) is 5.92 Å². The van der Waals surface area contributed by atoms with Crippen LogP contribution in [0.2, 0.25) is 0 Å². The summed E-state index contributed by atoms with van der Waals surface area (Å²) in [7, 11) is 1.65. The summed E-state index contributed by atoms with van der Waals surface area (Å²) >= 11 is 1.69. The van der Waals surface area contributed by atoms with Crippen LogP contribution in [0.3, 0.4) is 0 Å². The highest BCUT2D eigenvalue weighted by Crippen LogP contribution is 2.39. The summed E-state index contributed by atoms with van der Waals surface area (Å²) in [5, 5.41) is 2.05. The van der Waals surface area contributed by atoms with Crippen LogP contribution in [0.4, 0.5) is 0 Å². The van der Waals surface area contributed by atoms with Crippen molar-refractivity contribution in [2.24, 2.45) is 5.92 Å². The molecular weight excluding hydrogens is 310 g/mol. The van der Waals surface area contributed by atoms with Gasteiger partial charge in [0.15, 0.2) is 11.5 Å². The van der Waals surface area contributed by atoms with E-state index in [-0.39, 0.29) is 11.8 Å². The lowest BCUT2D eigenvalue weighted by Gasteiger charge is -2.22. The second kappa shape index (κ2) is 6.62. The van der Waals surface area contributed by atoms with Crippen LogP contribution >= 0.6 is 11.3 Å². The third-order valence-electron chi connectivity index (χ3n) is 3.93. The summed E-state index contributed by atoms with van der Waals surface area (Å²) in [6.07, 6.45) is 0. The van der Waals surface area contributed by atoms with Crippen molar-refractivity contribution in [2.75, 3.05) is 20.3 Å². The second-order valence-corrected chi connectivity index (χ2v) is 6.85. The maximum Gasteiger partial charge on any atom is 0.225 e. The van der Waals surface area contributed by atoms with Crippen LogP contribution in [-0.2, 0) is 11.3 Å². The average molecular weight is 331 g/mol. The van der Waals surface area contributed by atoms with Crippen LogP contribution < -0.4 is 9.47 Å². The van der Waals surface area contributed by atoms with Gasteiger partial charge in [-0.05, 0) is 29.1 Å². The summed E-state index contributed by atoms with van der Waals surface area (Å²) < 4.78 is 11.4. The predicted molar refractivity (Wildman–Crippen MR) is 92.1 cm³/mol. The van der Waals surface area contributed by atoms with Crippen molar-refractivity contribution in [2.45, 2.75) is 20.4 Å². The van der Waals surface area contributed by atoms with E-state index in [0.29, 0.717) is 19.7 Å². The lowest BCUT2D eigenvalue weighted by Crippen LogP contribution is -2.35. The molecule has 1 aliphatic heterocycles. The predicted octanol–water partition coefficient (Wildman–Crippen LogP) is 3.80. The smallest absolute Gasteiger partial charge is 0.225 e. The number of carbonyl (C=O) groups is 1. The van der Waals surface area contributed by atoms with Crippen molar-refractivity contribution >= 4 is 17.2 Å². The molecule has 4 nitrogen and oxygen atoms in total. The fourth-order valence-electron chi connectivity index (χ4n) is 2.77. The fraction of sp³-hybridized carbons (Fsp3) is 0.389. The van der Waals surface area contributed by atoms with E-state index in [1.54, 1.807) is 18.4 Å². The van der Waals surface area contributed by atoms with E-state index in [2.05, 4.69) is 17.5 Å². The number of amides is 1. The van der Waals surface area contributed by atoms with E-state index in [1.807, 2.05) is 30.9 Å². The van der Waals surface area contributed by atoms with Crippen LogP contribution in [0.25, 0.3) is 10.4 Å². The summed E-state index contributed by atoms with van der Waals surface area (Å²) in [5.74, 6) is 1.62. The van der Waals surface area contributed by atoms with Crippen LogP contribution in [0.5, 0.6) is 11.5 Å². The highest BCUT2D eigenvalue weighted by Gasteiger charge is 2.24. The zero-order valence-electron chi connectivity index (χ0n) is 13.7. The van der Waals surface area contributed by atoms with Crippen molar-refractivity contribution in [1.82, 2.24) is 4.90 Å². The molecule has 0 atom stereocenters. The number of thiophene rings is 1. The van der Waals surface area contributed by atoms with Gasteiger partial charge in [-0.3, -0.25) is 4.79 Å². The van der Waals surface area contributed by atoms with Crippen LogP contribution in [-0.4, -0.2) is 31.1 Å². The van der Waals surface area contributed by atoms with E-state index in [4.69, 9.17) is 9.47 Å². The molecule has 2 aromatic rings. The number of hydrogen-bond donors (Lipinski definition) is 0. The van der Waals surface area contributed by atoms with Gasteiger partial charge in [-0.2, -0.15) is 0 Å². The minimum Gasteiger partial charge on any atom is -0.493 e. The third kappa shape index (κ3) is 3.20. The maximum absolute atomic E-state index is 12.4. The zero-order chi connectivity index (χ0) is 16.4. The van der Waals surface area contributed by atoms with E-state index in [9.17, 15) is 4.79 Å².